The largest absolute Gasteiger partial charge is 0.508 e. The van der Waals surface area contributed by atoms with Crippen molar-refractivity contribution in [2.24, 2.45) is 0 Å². The molecule has 0 radical (unpaired) electrons. The number of aromatic hydroxyl groups is 1. The fourth-order valence-corrected chi connectivity index (χ4v) is 3.54. The van der Waals surface area contributed by atoms with E-state index in [9.17, 15) is 9.50 Å². The molecule has 0 amide bonds. The maximum absolute atomic E-state index is 15.7. The molecule has 0 spiro atoms. The molecule has 7 nitrogen and oxygen atoms in total. The summed E-state index contributed by atoms with van der Waals surface area (Å²) in [7, 11) is 2.87. The Balaban J connectivity index is 2.12. The van der Waals surface area contributed by atoms with Gasteiger partial charge in [-0.05, 0) is 19.1 Å². The van der Waals surface area contributed by atoms with Gasteiger partial charge >= 0.3 is 0 Å². The number of nitrogens with zero attached hydrogens (tertiary/aromatic N) is 2. The summed E-state index contributed by atoms with van der Waals surface area (Å²) in [5.74, 6) is -1.60. The lowest BCUT2D eigenvalue weighted by molar-refractivity contribution is 0.143. The van der Waals surface area contributed by atoms with E-state index in [-0.39, 0.29) is 40.5 Å². The first-order valence-electron chi connectivity index (χ1n) is 9.11. The van der Waals surface area contributed by atoms with Crippen LogP contribution < -0.4 is 9.47 Å². The molecule has 0 unspecified atom stereocenters. The van der Waals surface area contributed by atoms with Crippen molar-refractivity contribution in [2.45, 2.75) is 6.92 Å². The molecule has 2 heterocycles. The number of pyridine rings is 1. The second kappa shape index (κ2) is 7.75. The van der Waals surface area contributed by atoms with Gasteiger partial charge in [0.15, 0.2) is 23.0 Å². The maximum Gasteiger partial charge on any atom is 0.197 e. The average molecular weight is 415 g/mol. The standard InChI is InChI=1S/C21H19F2N3O4/c1-10-15-13-9-24-26-21(13)25-18(12-5-4-11(27)8-14(12)22)16(15)17(23)20(29-3)19(10)30-7-6-28-2/h4-5,8-9,27H,6-7H2,1-3H3,(H,24,25,26). The highest BCUT2D eigenvalue weighted by molar-refractivity contribution is 6.13. The topological polar surface area (TPSA) is 89.5 Å². The molecule has 156 valence electrons. The van der Waals surface area contributed by atoms with Gasteiger partial charge in [0, 0.05) is 40.5 Å². The van der Waals surface area contributed by atoms with E-state index in [1.165, 1.54) is 32.5 Å². The highest BCUT2D eigenvalue weighted by atomic mass is 19.1. The maximum atomic E-state index is 15.7. The zero-order chi connectivity index (χ0) is 21.4. The highest BCUT2D eigenvalue weighted by Gasteiger charge is 2.26. The Kier molecular flexibility index (Phi) is 5.13. The molecule has 0 saturated heterocycles. The summed E-state index contributed by atoms with van der Waals surface area (Å²) >= 11 is 0. The van der Waals surface area contributed by atoms with Gasteiger partial charge in [0.2, 0.25) is 0 Å². The van der Waals surface area contributed by atoms with Crippen LogP contribution in [0.5, 0.6) is 17.2 Å². The van der Waals surface area contributed by atoms with E-state index in [1.54, 1.807) is 6.92 Å². The van der Waals surface area contributed by atoms with Crippen LogP contribution in [0.1, 0.15) is 5.56 Å². The smallest absolute Gasteiger partial charge is 0.197 e. The van der Waals surface area contributed by atoms with Crippen molar-refractivity contribution < 1.29 is 28.1 Å². The van der Waals surface area contributed by atoms with Crippen LogP contribution in [0.3, 0.4) is 0 Å². The third kappa shape index (κ3) is 3.07. The van der Waals surface area contributed by atoms with Gasteiger partial charge in [-0.15, -0.1) is 0 Å². The fourth-order valence-electron chi connectivity index (χ4n) is 3.54. The summed E-state index contributed by atoms with van der Waals surface area (Å²) < 4.78 is 46.5. The van der Waals surface area contributed by atoms with E-state index in [2.05, 4.69) is 15.2 Å². The number of phenols is 1. The number of phenolic OH excluding ortho intramolecular Hbond substituents is 1. The van der Waals surface area contributed by atoms with E-state index in [1.807, 2.05) is 0 Å². The highest BCUT2D eigenvalue weighted by Crippen LogP contribution is 2.45. The number of rotatable bonds is 6. The van der Waals surface area contributed by atoms with Gasteiger partial charge in [-0.25, -0.2) is 13.8 Å². The van der Waals surface area contributed by atoms with Crippen molar-refractivity contribution in [3.05, 3.63) is 41.6 Å². The summed E-state index contributed by atoms with van der Waals surface area (Å²) in [4.78, 5) is 4.41. The lowest BCUT2D eigenvalue weighted by Gasteiger charge is -2.19. The molecule has 2 N–H and O–H groups in total. The molecule has 2 aromatic carbocycles. The first kappa shape index (κ1) is 19.8. The first-order chi connectivity index (χ1) is 14.5. The third-order valence-corrected chi connectivity index (χ3v) is 4.89. The monoisotopic (exact) mass is 415 g/mol. The summed E-state index contributed by atoms with van der Waals surface area (Å²) in [5, 5.41) is 17.4. The predicted octanol–water partition coefficient (Wildman–Crippen LogP) is 4.10. The van der Waals surface area contributed by atoms with Gasteiger partial charge in [-0.2, -0.15) is 5.10 Å². The van der Waals surface area contributed by atoms with Crippen molar-refractivity contribution in [3.8, 4) is 28.5 Å². The Morgan fingerprint density at radius 2 is 1.90 bits per heavy atom. The predicted molar refractivity (Wildman–Crippen MR) is 107 cm³/mol. The molecule has 0 fully saturated rings. The third-order valence-electron chi connectivity index (χ3n) is 4.89. The first-order valence-corrected chi connectivity index (χ1v) is 9.11. The van der Waals surface area contributed by atoms with E-state index in [4.69, 9.17) is 14.2 Å². The van der Waals surface area contributed by atoms with Crippen molar-refractivity contribution in [3.63, 3.8) is 0 Å². The number of nitrogens with one attached hydrogen (secondary N) is 1. The number of hydrogen-bond donors (Lipinski definition) is 2. The summed E-state index contributed by atoms with van der Waals surface area (Å²) in [6, 6.07) is 3.61. The van der Waals surface area contributed by atoms with Crippen LogP contribution in [0, 0.1) is 18.6 Å². The van der Waals surface area contributed by atoms with E-state index >= 15 is 4.39 Å². The second-order valence-electron chi connectivity index (χ2n) is 6.65. The summed E-state index contributed by atoms with van der Waals surface area (Å²) in [6.45, 7) is 2.26. The molecule has 30 heavy (non-hydrogen) atoms. The van der Waals surface area contributed by atoms with Crippen LogP contribution in [-0.4, -0.2) is 47.7 Å². The molecular weight excluding hydrogens is 396 g/mol. The number of aromatic nitrogens is 3. The molecule has 0 saturated carbocycles. The molecule has 4 aromatic rings. The van der Waals surface area contributed by atoms with Crippen molar-refractivity contribution >= 4 is 21.8 Å². The molecule has 0 aliphatic rings. The molecule has 9 heteroatoms. The van der Waals surface area contributed by atoms with Gasteiger partial charge in [-0.1, -0.05) is 0 Å². The van der Waals surface area contributed by atoms with Crippen LogP contribution >= 0.6 is 0 Å². The van der Waals surface area contributed by atoms with Gasteiger partial charge in [0.1, 0.15) is 18.2 Å². The number of fused-ring (bicyclic) bond motifs is 3. The summed E-state index contributed by atoms with van der Waals surface area (Å²) in [6.07, 6.45) is 1.53. The van der Waals surface area contributed by atoms with Crippen LogP contribution in [0.2, 0.25) is 0 Å². The zero-order valence-electron chi connectivity index (χ0n) is 16.5. The SMILES string of the molecule is COCCOc1c(OC)c(F)c2c(-c3ccc(O)cc3F)nc3[nH]ncc3c2c1C. The normalized spacial score (nSPS) is 11.4. The Bertz CT molecular complexity index is 1260. The van der Waals surface area contributed by atoms with Crippen LogP contribution in [-0.2, 0) is 4.74 Å². The minimum absolute atomic E-state index is 0.0303. The number of halogens is 2. The summed E-state index contributed by atoms with van der Waals surface area (Å²) in [5.41, 5.74) is 1.04. The molecule has 0 atom stereocenters. The van der Waals surface area contributed by atoms with Crippen molar-refractivity contribution in [1.29, 1.82) is 0 Å². The molecule has 2 aromatic heterocycles. The number of H-pyrrole nitrogens is 1. The Morgan fingerprint density at radius 3 is 2.60 bits per heavy atom. The van der Waals surface area contributed by atoms with Gasteiger partial charge < -0.3 is 19.3 Å². The quantitative estimate of drug-likeness (QED) is 0.461. The Morgan fingerprint density at radius 1 is 1.10 bits per heavy atom. The van der Waals surface area contributed by atoms with Gasteiger partial charge in [0.25, 0.3) is 0 Å². The van der Waals surface area contributed by atoms with Gasteiger partial charge in [0.05, 0.1) is 25.6 Å². The number of aromatic amines is 1. The van der Waals surface area contributed by atoms with Crippen LogP contribution in [0.4, 0.5) is 8.78 Å². The molecule has 0 aliphatic carbocycles. The number of aryl methyl sites for hydroxylation is 1. The van der Waals surface area contributed by atoms with Crippen LogP contribution in [0.15, 0.2) is 24.4 Å². The van der Waals surface area contributed by atoms with Gasteiger partial charge in [-0.3, -0.25) is 5.10 Å². The number of ether oxygens (including phenoxy) is 3. The minimum Gasteiger partial charge on any atom is -0.508 e. The Hall–Kier alpha value is -3.46. The lowest BCUT2D eigenvalue weighted by atomic mass is 9.96. The van der Waals surface area contributed by atoms with E-state index in [0.29, 0.717) is 28.6 Å². The fraction of sp³-hybridized carbons (Fsp3) is 0.238. The van der Waals surface area contributed by atoms with Crippen LogP contribution in [0.25, 0.3) is 33.1 Å². The van der Waals surface area contributed by atoms with E-state index in [0.717, 1.165) is 6.07 Å². The lowest BCUT2D eigenvalue weighted by Crippen LogP contribution is -2.08. The average Bonchev–Trinajstić information content (AvgIpc) is 3.19. The van der Waals surface area contributed by atoms with E-state index < -0.39 is 11.6 Å². The number of benzene rings is 2. The zero-order valence-corrected chi connectivity index (χ0v) is 16.5. The Labute approximate surface area is 170 Å². The number of hydrogen-bond acceptors (Lipinski definition) is 6. The second-order valence-corrected chi connectivity index (χ2v) is 6.65. The molecule has 4 rings (SSSR count). The van der Waals surface area contributed by atoms with Crippen molar-refractivity contribution in [2.75, 3.05) is 27.4 Å². The molecule has 0 bridgehead atoms. The molecular formula is C21H19F2N3O4. The number of methoxy groups -OCH3 is 2. The molecule has 0 aliphatic heterocycles. The van der Waals surface area contributed by atoms with Crippen molar-refractivity contribution in [1.82, 2.24) is 15.2 Å². The minimum atomic E-state index is -0.737.